The number of amides is 2. The number of benzene rings is 2. The zero-order chi connectivity index (χ0) is 35.2. The van der Waals surface area contributed by atoms with Gasteiger partial charge in [0.2, 0.25) is 28.8 Å². The number of rotatable bonds is 12. The lowest BCUT2D eigenvalue weighted by molar-refractivity contribution is -0.120. The SMILES string of the molecule is CCC(C)C(Nc1ccc2c(cc1=O)C(NC(C)=O)CCc1cc(OC)c(OC)c(OC)c1-2)C(=O)Nc1ccc(OC)c(-c2nn[nH]n2)c1. The van der Waals surface area contributed by atoms with Crippen LogP contribution in [0.4, 0.5) is 11.4 Å². The summed E-state index contributed by atoms with van der Waals surface area (Å²) in [7, 11) is 6.17. The van der Waals surface area contributed by atoms with Gasteiger partial charge >= 0.3 is 0 Å². The van der Waals surface area contributed by atoms with Crippen LogP contribution in [0.3, 0.4) is 0 Å². The van der Waals surface area contributed by atoms with Crippen molar-refractivity contribution in [2.24, 2.45) is 5.92 Å². The summed E-state index contributed by atoms with van der Waals surface area (Å²) in [5, 5.41) is 23.3. The second kappa shape index (κ2) is 15.0. The monoisotopic (exact) mass is 671 g/mol. The van der Waals surface area contributed by atoms with E-state index in [-0.39, 0.29) is 28.8 Å². The summed E-state index contributed by atoms with van der Waals surface area (Å²) in [4.78, 5) is 40.2. The minimum Gasteiger partial charge on any atom is -0.496 e. The minimum atomic E-state index is -0.784. The number of aryl methyl sites for hydroxylation is 1. The summed E-state index contributed by atoms with van der Waals surface area (Å²) in [6, 6.07) is 10.8. The van der Waals surface area contributed by atoms with Crippen LogP contribution >= 0.6 is 0 Å². The summed E-state index contributed by atoms with van der Waals surface area (Å²) in [5.41, 5.74) is 3.85. The fourth-order valence-corrected chi connectivity index (χ4v) is 6.15. The molecule has 0 radical (unpaired) electrons. The Morgan fingerprint density at radius 1 is 0.959 bits per heavy atom. The number of aromatic nitrogens is 4. The summed E-state index contributed by atoms with van der Waals surface area (Å²) in [6.07, 6.45) is 1.75. The lowest BCUT2D eigenvalue weighted by atomic mass is 9.95. The van der Waals surface area contributed by atoms with Gasteiger partial charge in [0.25, 0.3) is 0 Å². The van der Waals surface area contributed by atoms with Crippen LogP contribution in [0.2, 0.25) is 0 Å². The first kappa shape index (κ1) is 34.7. The van der Waals surface area contributed by atoms with Crippen LogP contribution in [-0.2, 0) is 16.0 Å². The molecule has 1 heterocycles. The minimum absolute atomic E-state index is 0.165. The first-order valence-corrected chi connectivity index (χ1v) is 15.9. The number of anilines is 2. The number of ether oxygens (including phenoxy) is 4. The third-order valence-corrected chi connectivity index (χ3v) is 8.78. The molecule has 0 bridgehead atoms. The topological polar surface area (TPSA) is 179 Å². The Morgan fingerprint density at radius 3 is 2.35 bits per heavy atom. The molecule has 49 heavy (non-hydrogen) atoms. The lowest BCUT2D eigenvalue weighted by Gasteiger charge is -2.24. The van der Waals surface area contributed by atoms with Gasteiger partial charge in [0.1, 0.15) is 11.8 Å². The summed E-state index contributed by atoms with van der Waals surface area (Å²) >= 11 is 0. The van der Waals surface area contributed by atoms with Crippen molar-refractivity contribution in [3.05, 3.63) is 63.8 Å². The van der Waals surface area contributed by atoms with E-state index in [9.17, 15) is 14.4 Å². The average molecular weight is 672 g/mol. The fraction of sp³-hybridized carbons (Fsp3) is 0.371. The van der Waals surface area contributed by atoms with Crippen LogP contribution < -0.4 is 40.3 Å². The molecule has 14 heteroatoms. The Balaban J connectivity index is 1.57. The molecule has 4 N–H and O–H groups in total. The molecule has 1 aliphatic carbocycles. The van der Waals surface area contributed by atoms with Crippen molar-refractivity contribution in [2.45, 2.75) is 52.1 Å². The average Bonchev–Trinajstić information content (AvgIpc) is 3.54. The molecule has 14 nitrogen and oxygen atoms in total. The number of carbonyl (C=O) groups excluding carboxylic acids is 2. The number of H-pyrrole nitrogens is 1. The predicted octanol–water partition coefficient (Wildman–Crippen LogP) is 4.52. The van der Waals surface area contributed by atoms with Crippen LogP contribution in [0.15, 0.2) is 47.3 Å². The molecule has 3 aromatic carbocycles. The maximum absolute atomic E-state index is 14.0. The first-order chi connectivity index (χ1) is 23.6. The molecule has 1 aromatic heterocycles. The van der Waals surface area contributed by atoms with Crippen LogP contribution in [0.25, 0.3) is 22.5 Å². The first-order valence-electron chi connectivity index (χ1n) is 15.9. The van der Waals surface area contributed by atoms with E-state index in [0.29, 0.717) is 70.5 Å². The van der Waals surface area contributed by atoms with Gasteiger partial charge in [0.15, 0.2) is 11.5 Å². The van der Waals surface area contributed by atoms with Gasteiger partial charge in [-0.3, -0.25) is 14.4 Å². The highest BCUT2D eigenvalue weighted by Gasteiger charge is 2.30. The van der Waals surface area contributed by atoms with Crippen LogP contribution in [0, 0.1) is 5.92 Å². The number of tetrazole rings is 1. The molecule has 3 unspecified atom stereocenters. The second-order valence-electron chi connectivity index (χ2n) is 11.7. The molecule has 258 valence electrons. The highest BCUT2D eigenvalue weighted by Crippen LogP contribution is 2.50. The molecule has 0 spiro atoms. The summed E-state index contributed by atoms with van der Waals surface area (Å²) < 4.78 is 22.6. The van der Waals surface area contributed by atoms with E-state index in [4.69, 9.17) is 18.9 Å². The van der Waals surface area contributed by atoms with E-state index in [1.165, 1.54) is 27.2 Å². The second-order valence-corrected chi connectivity index (χ2v) is 11.7. The molecule has 0 fully saturated rings. The Bertz CT molecular complexity index is 1900. The van der Waals surface area contributed by atoms with Gasteiger partial charge in [-0.2, -0.15) is 5.21 Å². The largest absolute Gasteiger partial charge is 0.496 e. The molecule has 0 saturated heterocycles. The van der Waals surface area contributed by atoms with E-state index in [2.05, 4.69) is 36.6 Å². The van der Waals surface area contributed by atoms with Crippen LogP contribution in [0.1, 0.15) is 50.8 Å². The van der Waals surface area contributed by atoms with E-state index in [0.717, 1.165) is 11.1 Å². The molecule has 5 rings (SSSR count). The Labute approximate surface area is 283 Å². The summed E-state index contributed by atoms with van der Waals surface area (Å²) in [6.45, 7) is 5.36. The van der Waals surface area contributed by atoms with E-state index >= 15 is 0 Å². The van der Waals surface area contributed by atoms with E-state index in [1.54, 1.807) is 38.5 Å². The molecule has 0 saturated carbocycles. The number of fused-ring (bicyclic) bond motifs is 3. The highest BCUT2D eigenvalue weighted by atomic mass is 16.5. The molecular weight excluding hydrogens is 630 g/mol. The number of nitrogens with one attached hydrogen (secondary N) is 4. The molecular formula is C35H41N7O7. The van der Waals surface area contributed by atoms with E-state index in [1.807, 2.05) is 26.0 Å². The van der Waals surface area contributed by atoms with Gasteiger partial charge in [0, 0.05) is 18.2 Å². The maximum atomic E-state index is 14.0. The van der Waals surface area contributed by atoms with Crippen LogP contribution in [0.5, 0.6) is 23.0 Å². The fourth-order valence-electron chi connectivity index (χ4n) is 6.15. The van der Waals surface area contributed by atoms with Crippen molar-refractivity contribution >= 4 is 23.2 Å². The van der Waals surface area contributed by atoms with E-state index < -0.39 is 12.1 Å². The normalized spacial score (nSPS) is 14.6. The van der Waals surface area contributed by atoms with Crippen molar-refractivity contribution in [1.82, 2.24) is 25.9 Å². The van der Waals surface area contributed by atoms with Crippen molar-refractivity contribution in [2.75, 3.05) is 39.1 Å². The molecule has 3 atom stereocenters. The molecule has 4 aromatic rings. The number of methoxy groups -OCH3 is 4. The zero-order valence-corrected chi connectivity index (χ0v) is 28.6. The molecule has 0 aliphatic heterocycles. The highest BCUT2D eigenvalue weighted by molar-refractivity contribution is 5.97. The van der Waals surface area contributed by atoms with Gasteiger partial charge in [-0.15, -0.1) is 10.2 Å². The number of hydrogen-bond acceptors (Lipinski definition) is 11. The molecule has 2 amide bonds. The van der Waals surface area contributed by atoms with Gasteiger partial charge in [-0.05, 0) is 77.1 Å². The van der Waals surface area contributed by atoms with Crippen molar-refractivity contribution < 1.29 is 28.5 Å². The van der Waals surface area contributed by atoms with Gasteiger partial charge in [-0.1, -0.05) is 26.3 Å². The maximum Gasteiger partial charge on any atom is 0.247 e. The van der Waals surface area contributed by atoms with Crippen molar-refractivity contribution in [3.8, 4) is 45.5 Å². The number of carbonyl (C=O) groups is 2. The number of nitrogens with zero attached hydrogens (tertiary/aromatic N) is 3. The van der Waals surface area contributed by atoms with Crippen molar-refractivity contribution in [3.63, 3.8) is 0 Å². The van der Waals surface area contributed by atoms with Gasteiger partial charge in [-0.25, -0.2) is 0 Å². The Morgan fingerprint density at radius 2 is 1.71 bits per heavy atom. The third-order valence-electron chi connectivity index (χ3n) is 8.78. The quantitative estimate of drug-likeness (QED) is 0.166. The summed E-state index contributed by atoms with van der Waals surface area (Å²) in [5.74, 6) is 1.46. The molecule has 1 aliphatic rings. The van der Waals surface area contributed by atoms with Crippen LogP contribution in [-0.4, -0.2) is 66.9 Å². The standard InChI is InChI=1S/C35H41N7O7/c1-8-18(2)31(35(45)37-21-10-14-28(46-4)24(16-21)34-39-41-42-40-34)38-26-13-11-22-23(17-27(26)44)25(36-19(3)43)12-9-20-15-29(47-5)32(48-6)33(49-7)30(20)22/h10-11,13-18,25,31H,8-9,12H2,1-7H3,(H,36,43)(H,37,45)(H,38,44)(H,39,40,41,42). The zero-order valence-electron chi connectivity index (χ0n) is 28.6. The van der Waals surface area contributed by atoms with Gasteiger partial charge < -0.3 is 34.9 Å². The lowest BCUT2D eigenvalue weighted by Crippen LogP contribution is -2.40. The Kier molecular flexibility index (Phi) is 10.6. The number of hydrogen-bond donors (Lipinski definition) is 4. The number of aromatic amines is 1. The Hall–Kier alpha value is -5.66. The smallest absolute Gasteiger partial charge is 0.247 e. The predicted molar refractivity (Wildman–Crippen MR) is 184 cm³/mol. The third kappa shape index (κ3) is 7.12. The van der Waals surface area contributed by atoms with Crippen molar-refractivity contribution in [1.29, 1.82) is 0 Å². The van der Waals surface area contributed by atoms with Gasteiger partial charge in [0.05, 0.1) is 45.7 Å².